The molecular weight excluding hydrogens is 235 g/mol. The Labute approximate surface area is 107 Å². The van der Waals surface area contributed by atoms with E-state index in [1.165, 1.54) is 0 Å². The van der Waals surface area contributed by atoms with Crippen molar-refractivity contribution in [3.05, 3.63) is 0 Å². The molecule has 0 atom stereocenters. The Balaban J connectivity index is 5.04. The fraction of sp³-hybridized carbons (Fsp3) is 1.00. The van der Waals surface area contributed by atoms with E-state index in [-0.39, 0.29) is 0 Å². The average molecular weight is 262 g/mol. The first-order chi connectivity index (χ1) is 7.32. The molecule has 0 spiro atoms. The first-order valence-electron chi connectivity index (χ1n) is 6.06. The van der Waals surface area contributed by atoms with E-state index in [9.17, 15) is 0 Å². The van der Waals surface area contributed by atoms with Gasteiger partial charge in [-0.1, -0.05) is 41.5 Å². The van der Waals surface area contributed by atoms with E-state index in [1.54, 1.807) is 14.2 Å². The zero-order valence-corrected chi connectivity index (χ0v) is 14.2. The lowest BCUT2D eigenvalue weighted by molar-refractivity contribution is 0.192. The molecule has 0 unspecified atom stereocenters. The van der Waals surface area contributed by atoms with Crippen molar-refractivity contribution in [2.45, 2.75) is 58.2 Å². The van der Waals surface area contributed by atoms with Gasteiger partial charge in [-0.05, 0) is 16.6 Å². The van der Waals surface area contributed by atoms with Gasteiger partial charge in [0.1, 0.15) is 0 Å². The van der Waals surface area contributed by atoms with Crippen LogP contribution in [0.15, 0.2) is 0 Å². The second-order valence-corrected chi connectivity index (χ2v) is 12.8. The molecule has 0 saturated heterocycles. The summed E-state index contributed by atoms with van der Waals surface area (Å²) in [4.78, 5) is 0. The van der Waals surface area contributed by atoms with Crippen LogP contribution in [0.25, 0.3) is 0 Å². The van der Waals surface area contributed by atoms with E-state index in [1.807, 2.05) is 0 Å². The maximum atomic E-state index is 6.35. The molecule has 0 rings (SSSR count). The highest BCUT2D eigenvalue weighted by Gasteiger charge is 2.49. The summed E-state index contributed by atoms with van der Waals surface area (Å²) < 4.78 is 17.0. The SMILES string of the molecule is C[O][Al]([O]C)[O][Si](C(C)C)(C(C)C)C(C)C. The van der Waals surface area contributed by atoms with Crippen molar-refractivity contribution in [3.8, 4) is 0 Å². The van der Waals surface area contributed by atoms with Gasteiger partial charge in [0.25, 0.3) is 0 Å². The molecule has 0 amide bonds. The molecule has 96 valence electrons. The molecule has 16 heavy (non-hydrogen) atoms. The maximum Gasteiger partial charge on any atom is 0.893 e. The van der Waals surface area contributed by atoms with E-state index in [0.717, 1.165) is 0 Å². The monoisotopic (exact) mass is 262 g/mol. The minimum Gasteiger partial charge on any atom is -0.498 e. The van der Waals surface area contributed by atoms with Gasteiger partial charge in [-0.25, -0.2) is 0 Å². The van der Waals surface area contributed by atoms with Crippen LogP contribution in [-0.4, -0.2) is 37.7 Å². The standard InChI is InChI=1S/C9H21OSi.2CH3O.Al/c1-7(2)11(10,8(3)4)9(5)6;2*1-2;/h7-9H,1-6H3;2*1H3;/q3*-1;+3. The van der Waals surface area contributed by atoms with Crippen molar-refractivity contribution >= 4 is 23.5 Å². The topological polar surface area (TPSA) is 27.7 Å². The van der Waals surface area contributed by atoms with Crippen molar-refractivity contribution in [2.24, 2.45) is 0 Å². The Kier molecular flexibility index (Phi) is 7.43. The summed E-state index contributed by atoms with van der Waals surface area (Å²) in [6.07, 6.45) is 0. The molecule has 0 fully saturated rings. The molecule has 0 aromatic heterocycles. The van der Waals surface area contributed by atoms with E-state index in [0.29, 0.717) is 16.6 Å². The summed E-state index contributed by atoms with van der Waals surface area (Å²) in [7, 11) is 1.54. The van der Waals surface area contributed by atoms with E-state index in [4.69, 9.17) is 11.1 Å². The molecule has 0 bridgehead atoms. The highest BCUT2D eigenvalue weighted by atomic mass is 28.4. The van der Waals surface area contributed by atoms with Crippen LogP contribution in [0, 0.1) is 0 Å². The quantitative estimate of drug-likeness (QED) is 0.658. The largest absolute Gasteiger partial charge is 0.893 e. The third kappa shape index (κ3) is 3.56. The normalized spacial score (nSPS) is 12.9. The zero-order chi connectivity index (χ0) is 12.9. The highest BCUT2D eigenvalue weighted by Crippen LogP contribution is 2.42. The molecule has 0 aromatic rings. The molecule has 0 aliphatic carbocycles. The van der Waals surface area contributed by atoms with Crippen molar-refractivity contribution in [3.63, 3.8) is 0 Å². The van der Waals surface area contributed by atoms with Crippen molar-refractivity contribution in [1.82, 2.24) is 0 Å². The van der Waals surface area contributed by atoms with E-state index >= 15 is 0 Å². The Hall–Kier alpha value is 0.629. The maximum absolute atomic E-state index is 6.35. The van der Waals surface area contributed by atoms with E-state index in [2.05, 4.69) is 41.5 Å². The van der Waals surface area contributed by atoms with Gasteiger partial charge in [0.2, 0.25) is 0 Å². The molecule has 5 heteroatoms. The van der Waals surface area contributed by atoms with Crippen LogP contribution in [0.2, 0.25) is 16.6 Å². The first kappa shape index (κ1) is 16.6. The summed E-state index contributed by atoms with van der Waals surface area (Å²) >= 11 is -1.92. The van der Waals surface area contributed by atoms with Crippen LogP contribution < -0.4 is 0 Å². The van der Waals surface area contributed by atoms with Crippen molar-refractivity contribution < 1.29 is 11.1 Å². The molecule has 0 saturated carbocycles. The van der Waals surface area contributed by atoms with Gasteiger partial charge in [-0.2, -0.15) is 0 Å². The predicted molar refractivity (Wildman–Crippen MR) is 71.9 cm³/mol. The number of rotatable bonds is 7. The van der Waals surface area contributed by atoms with Crippen LogP contribution in [0.1, 0.15) is 41.5 Å². The fourth-order valence-corrected chi connectivity index (χ4v) is 12.3. The van der Waals surface area contributed by atoms with Crippen LogP contribution in [0.3, 0.4) is 0 Å². The lowest BCUT2D eigenvalue weighted by atomic mass is 10.5. The summed E-state index contributed by atoms with van der Waals surface area (Å²) in [5.41, 5.74) is 1.73. The Morgan fingerprint density at radius 2 is 1.06 bits per heavy atom. The lowest BCUT2D eigenvalue weighted by Gasteiger charge is -2.43. The van der Waals surface area contributed by atoms with Gasteiger partial charge in [0.15, 0.2) is 8.32 Å². The molecule has 0 aromatic carbocycles. The summed E-state index contributed by atoms with van der Waals surface area (Å²) in [5.74, 6) is 0. The summed E-state index contributed by atoms with van der Waals surface area (Å²) in [6, 6.07) is 0. The summed E-state index contributed by atoms with van der Waals surface area (Å²) in [5, 5.41) is 0. The second-order valence-electron chi connectivity index (χ2n) is 5.20. The third-order valence-electron chi connectivity index (χ3n) is 3.39. The van der Waals surface area contributed by atoms with Gasteiger partial charge >= 0.3 is 15.1 Å². The third-order valence-corrected chi connectivity index (χ3v) is 12.0. The fourth-order valence-electron chi connectivity index (χ4n) is 2.77. The Morgan fingerprint density at radius 3 is 1.25 bits per heavy atom. The zero-order valence-electron chi connectivity index (χ0n) is 12.0. The minimum absolute atomic E-state index is 0.577. The van der Waals surface area contributed by atoms with Gasteiger partial charge in [-0.3, -0.25) is 0 Å². The van der Waals surface area contributed by atoms with Crippen LogP contribution in [0.4, 0.5) is 0 Å². The van der Waals surface area contributed by atoms with Gasteiger partial charge in [0, 0.05) is 14.2 Å². The van der Waals surface area contributed by atoms with Gasteiger partial charge < -0.3 is 11.1 Å². The van der Waals surface area contributed by atoms with Crippen molar-refractivity contribution in [1.29, 1.82) is 0 Å². The van der Waals surface area contributed by atoms with Crippen LogP contribution in [0.5, 0.6) is 0 Å². The highest BCUT2D eigenvalue weighted by molar-refractivity contribution is 6.81. The molecule has 0 heterocycles. The van der Waals surface area contributed by atoms with E-state index < -0.39 is 23.5 Å². The summed E-state index contributed by atoms with van der Waals surface area (Å²) in [6.45, 7) is 13.6. The predicted octanol–water partition coefficient (Wildman–Crippen LogP) is 3.46. The first-order valence-corrected chi connectivity index (χ1v) is 9.61. The van der Waals surface area contributed by atoms with Gasteiger partial charge in [-0.15, -0.1) is 0 Å². The van der Waals surface area contributed by atoms with Gasteiger partial charge in [0.05, 0.1) is 0 Å². The van der Waals surface area contributed by atoms with Crippen LogP contribution in [-0.2, 0) is 11.1 Å². The number of hydrogen-bond donors (Lipinski definition) is 0. The van der Waals surface area contributed by atoms with Crippen LogP contribution >= 0.6 is 0 Å². The second kappa shape index (κ2) is 7.15. The molecule has 0 radical (unpaired) electrons. The molecule has 0 aliphatic heterocycles. The lowest BCUT2D eigenvalue weighted by Crippen LogP contribution is -2.52. The minimum atomic E-state index is -1.92. The molecule has 0 N–H and O–H groups in total. The molecular formula is C11H27AlO3Si. The molecule has 3 nitrogen and oxygen atoms in total. The smallest absolute Gasteiger partial charge is 0.498 e. The average Bonchev–Trinajstić information content (AvgIpc) is 2.18. The molecule has 0 aliphatic rings. The Morgan fingerprint density at radius 1 is 0.750 bits per heavy atom. The Bertz CT molecular complexity index is 172. The number of hydrogen-bond acceptors (Lipinski definition) is 3. The van der Waals surface area contributed by atoms with Crippen molar-refractivity contribution in [2.75, 3.05) is 14.2 Å².